The monoisotopic (exact) mass is 418 g/mol. The molecule has 9 nitrogen and oxygen atoms in total. The van der Waals surface area contributed by atoms with Crippen LogP contribution in [0.25, 0.3) is 0 Å². The standard InChI is InChI=1S/C19H24N6O3S.H2/c1-19(2)15(9-16(19)26)24-17-13(10-20)11-23-18(25-17)22-8-7-12-3-5-14(6-4-12)29(21,27)28;/h3-6,11,15-16,26H,7-9H2,1-2H3,(H2,21,27,28)(H2,22,23,24,25);1H/t15-,16+;/m1./s1. The summed E-state index contributed by atoms with van der Waals surface area (Å²) in [5.41, 5.74) is 0.975. The molecule has 2 atom stereocenters. The lowest BCUT2D eigenvalue weighted by Gasteiger charge is -2.49. The summed E-state index contributed by atoms with van der Waals surface area (Å²) in [5.74, 6) is 0.817. The van der Waals surface area contributed by atoms with E-state index < -0.39 is 10.0 Å². The van der Waals surface area contributed by atoms with Gasteiger partial charge in [-0.05, 0) is 30.5 Å². The number of benzene rings is 1. The van der Waals surface area contributed by atoms with E-state index >= 15 is 0 Å². The number of sulfonamides is 1. The Morgan fingerprint density at radius 1 is 1.38 bits per heavy atom. The van der Waals surface area contributed by atoms with Crippen LogP contribution in [0.1, 0.15) is 32.8 Å². The van der Waals surface area contributed by atoms with Gasteiger partial charge in [0.05, 0.1) is 17.2 Å². The van der Waals surface area contributed by atoms with Gasteiger partial charge in [-0.25, -0.2) is 18.5 Å². The Morgan fingerprint density at radius 3 is 2.62 bits per heavy atom. The molecule has 0 saturated heterocycles. The van der Waals surface area contributed by atoms with Crippen LogP contribution >= 0.6 is 0 Å². The fourth-order valence-electron chi connectivity index (χ4n) is 3.14. The van der Waals surface area contributed by atoms with Crippen LogP contribution in [-0.4, -0.2) is 42.2 Å². The van der Waals surface area contributed by atoms with Crippen molar-refractivity contribution >= 4 is 21.8 Å². The lowest BCUT2D eigenvalue weighted by Crippen LogP contribution is -2.57. The summed E-state index contributed by atoms with van der Waals surface area (Å²) in [5, 5.41) is 30.7. The van der Waals surface area contributed by atoms with Crippen molar-refractivity contribution in [1.29, 1.82) is 5.26 Å². The smallest absolute Gasteiger partial charge is 0.238 e. The number of rotatable bonds is 7. The average Bonchev–Trinajstić information content (AvgIpc) is 2.68. The molecular formula is C19H26N6O3S. The summed E-state index contributed by atoms with van der Waals surface area (Å²) in [6, 6.07) is 8.45. The van der Waals surface area contributed by atoms with E-state index in [4.69, 9.17) is 5.14 Å². The zero-order chi connectivity index (χ0) is 21.2. The minimum atomic E-state index is -3.70. The minimum absolute atomic E-state index is 0. The number of nitrogens with one attached hydrogen (secondary N) is 2. The lowest BCUT2D eigenvalue weighted by molar-refractivity contribution is -0.0511. The average molecular weight is 419 g/mol. The Balaban J connectivity index is 0.00000320. The first-order chi connectivity index (χ1) is 13.6. The molecule has 0 bridgehead atoms. The molecule has 0 aliphatic heterocycles. The van der Waals surface area contributed by atoms with Gasteiger partial charge in [-0.3, -0.25) is 0 Å². The first-order valence-electron chi connectivity index (χ1n) is 9.18. The lowest BCUT2D eigenvalue weighted by atomic mass is 9.64. The van der Waals surface area contributed by atoms with Crippen LogP contribution in [0.4, 0.5) is 11.8 Å². The molecule has 1 fully saturated rings. The molecule has 1 aromatic carbocycles. The largest absolute Gasteiger partial charge is 0.392 e. The number of nitrogens with two attached hydrogens (primary N) is 1. The van der Waals surface area contributed by atoms with Crippen molar-refractivity contribution in [3.63, 3.8) is 0 Å². The highest BCUT2D eigenvalue weighted by molar-refractivity contribution is 7.89. The summed E-state index contributed by atoms with van der Waals surface area (Å²) in [6.45, 7) is 4.45. The number of nitriles is 1. The Morgan fingerprint density at radius 2 is 2.07 bits per heavy atom. The third-order valence-electron chi connectivity index (χ3n) is 5.38. The maximum absolute atomic E-state index is 11.3. The van der Waals surface area contributed by atoms with E-state index in [-0.39, 0.29) is 23.9 Å². The van der Waals surface area contributed by atoms with Crippen molar-refractivity contribution in [3.8, 4) is 6.07 Å². The molecule has 0 amide bonds. The number of nitrogens with zero attached hydrogens (tertiary/aromatic N) is 3. The molecule has 10 heteroatoms. The Kier molecular flexibility index (Phi) is 5.75. The van der Waals surface area contributed by atoms with E-state index in [9.17, 15) is 18.8 Å². The van der Waals surface area contributed by atoms with Gasteiger partial charge in [0, 0.05) is 19.4 Å². The molecule has 2 aromatic rings. The van der Waals surface area contributed by atoms with Crippen molar-refractivity contribution in [2.45, 2.75) is 43.7 Å². The summed E-state index contributed by atoms with van der Waals surface area (Å²) >= 11 is 0. The summed E-state index contributed by atoms with van der Waals surface area (Å²) in [6.07, 6.45) is 2.30. The van der Waals surface area contributed by atoms with Gasteiger partial charge in [0.25, 0.3) is 0 Å². The van der Waals surface area contributed by atoms with Gasteiger partial charge in [0.2, 0.25) is 16.0 Å². The molecule has 1 aromatic heterocycles. The predicted molar refractivity (Wildman–Crippen MR) is 111 cm³/mol. The molecule has 3 rings (SSSR count). The number of aliphatic hydroxyl groups is 1. The van der Waals surface area contributed by atoms with Crippen molar-refractivity contribution in [2.75, 3.05) is 17.2 Å². The Bertz CT molecular complexity index is 1040. The van der Waals surface area contributed by atoms with Crippen LogP contribution in [0.3, 0.4) is 0 Å². The van der Waals surface area contributed by atoms with Gasteiger partial charge >= 0.3 is 0 Å². The summed E-state index contributed by atoms with van der Waals surface area (Å²) in [7, 11) is -3.70. The van der Waals surface area contributed by atoms with Crippen LogP contribution in [0.5, 0.6) is 0 Å². The fourth-order valence-corrected chi connectivity index (χ4v) is 3.65. The molecular weight excluding hydrogens is 392 g/mol. The third kappa shape index (κ3) is 4.64. The quantitative estimate of drug-likeness (QED) is 0.527. The van der Waals surface area contributed by atoms with E-state index in [1.54, 1.807) is 12.1 Å². The van der Waals surface area contributed by atoms with Gasteiger partial charge in [-0.1, -0.05) is 26.0 Å². The number of primary sulfonamides is 1. The summed E-state index contributed by atoms with van der Waals surface area (Å²) in [4.78, 5) is 8.63. The molecule has 0 spiro atoms. The normalized spacial score (nSPS) is 20.4. The molecule has 1 aliphatic carbocycles. The summed E-state index contributed by atoms with van der Waals surface area (Å²) < 4.78 is 22.6. The van der Waals surface area contributed by atoms with Crippen LogP contribution in [-0.2, 0) is 16.4 Å². The van der Waals surface area contributed by atoms with Crippen molar-refractivity contribution in [1.82, 2.24) is 9.97 Å². The van der Waals surface area contributed by atoms with E-state index in [1.165, 1.54) is 18.3 Å². The Labute approximate surface area is 171 Å². The number of anilines is 2. The Hall–Kier alpha value is -2.74. The van der Waals surface area contributed by atoms with Crippen molar-refractivity contribution in [2.24, 2.45) is 10.6 Å². The van der Waals surface area contributed by atoms with Crippen molar-refractivity contribution < 1.29 is 15.0 Å². The van der Waals surface area contributed by atoms with Crippen LogP contribution in [0.2, 0.25) is 0 Å². The third-order valence-corrected chi connectivity index (χ3v) is 6.31. The second kappa shape index (κ2) is 7.94. The van der Waals surface area contributed by atoms with Crippen molar-refractivity contribution in [3.05, 3.63) is 41.6 Å². The van der Waals surface area contributed by atoms with Gasteiger partial charge in [0.1, 0.15) is 17.5 Å². The fraction of sp³-hybridized carbons (Fsp3) is 0.421. The van der Waals surface area contributed by atoms with Gasteiger partial charge < -0.3 is 15.7 Å². The van der Waals surface area contributed by atoms with E-state index in [1.807, 2.05) is 13.8 Å². The second-order valence-electron chi connectivity index (χ2n) is 7.70. The first-order valence-corrected chi connectivity index (χ1v) is 10.7. The van der Waals surface area contributed by atoms with Gasteiger partial charge in [-0.15, -0.1) is 0 Å². The number of aromatic nitrogens is 2. The zero-order valence-electron chi connectivity index (χ0n) is 16.3. The molecule has 5 N–H and O–H groups in total. The predicted octanol–water partition coefficient (Wildman–Crippen LogP) is 1.47. The first kappa shape index (κ1) is 21.0. The highest BCUT2D eigenvalue weighted by Crippen LogP contribution is 2.42. The van der Waals surface area contributed by atoms with E-state index in [0.29, 0.717) is 36.7 Å². The molecule has 1 heterocycles. The maximum Gasteiger partial charge on any atom is 0.238 e. The molecule has 29 heavy (non-hydrogen) atoms. The maximum atomic E-state index is 11.3. The topological polar surface area (TPSA) is 154 Å². The number of hydrogen-bond acceptors (Lipinski definition) is 8. The van der Waals surface area contributed by atoms with E-state index in [0.717, 1.165) is 5.56 Å². The van der Waals surface area contributed by atoms with Crippen LogP contribution in [0.15, 0.2) is 35.4 Å². The van der Waals surface area contributed by atoms with E-state index in [2.05, 4.69) is 26.7 Å². The zero-order valence-corrected chi connectivity index (χ0v) is 17.1. The van der Waals surface area contributed by atoms with Gasteiger partial charge in [-0.2, -0.15) is 10.2 Å². The molecule has 0 unspecified atom stereocenters. The highest BCUT2D eigenvalue weighted by atomic mass is 32.2. The molecule has 0 radical (unpaired) electrons. The highest BCUT2D eigenvalue weighted by Gasteiger charge is 2.47. The molecule has 156 valence electrons. The minimum Gasteiger partial charge on any atom is -0.392 e. The number of aliphatic hydroxyl groups excluding tert-OH is 1. The van der Waals surface area contributed by atoms with Gasteiger partial charge in [0.15, 0.2) is 0 Å². The molecule has 1 saturated carbocycles. The van der Waals surface area contributed by atoms with Crippen LogP contribution < -0.4 is 15.8 Å². The van der Waals surface area contributed by atoms with Crippen LogP contribution in [0, 0.1) is 16.7 Å². The number of hydrogen-bond donors (Lipinski definition) is 4. The second-order valence-corrected chi connectivity index (χ2v) is 9.26. The molecule has 1 aliphatic rings. The SMILES string of the molecule is CC1(C)[C@@H](O)C[C@H]1Nc1nc(NCCc2ccc(S(N)(=O)=O)cc2)ncc1C#N.[HH].